The van der Waals surface area contributed by atoms with Gasteiger partial charge in [0.15, 0.2) is 5.92 Å². The molecule has 2 N–H and O–H groups in total. The first kappa shape index (κ1) is 18.4. The van der Waals surface area contributed by atoms with Crippen molar-refractivity contribution >= 4 is 35.1 Å². The molecular weight excluding hydrogens is 356 g/mol. The van der Waals surface area contributed by atoms with Crippen molar-refractivity contribution in [3.05, 3.63) is 41.6 Å². The van der Waals surface area contributed by atoms with Crippen LogP contribution in [0.25, 0.3) is 0 Å². The number of carbonyl (C=O) groups excluding carboxylic acids is 3. The Kier molecular flexibility index (Phi) is 5.58. The van der Waals surface area contributed by atoms with Gasteiger partial charge in [0.25, 0.3) is 5.91 Å². The molecule has 2 aliphatic rings. The minimum absolute atomic E-state index is 0.265. The van der Waals surface area contributed by atoms with Gasteiger partial charge in [0.1, 0.15) is 0 Å². The van der Waals surface area contributed by atoms with Crippen LogP contribution in [0.2, 0.25) is 5.02 Å². The number of anilines is 1. The zero-order chi connectivity index (χ0) is 18.7. The largest absolute Gasteiger partial charge is 0.335 e. The molecule has 1 aromatic carbocycles. The topological polar surface area (TPSA) is 81.8 Å². The number of carbonyl (C=O) groups is 3. The third-order valence-corrected chi connectivity index (χ3v) is 4.76. The summed E-state index contributed by atoms with van der Waals surface area (Å²) in [4.78, 5) is 38.3. The van der Waals surface area contributed by atoms with Gasteiger partial charge in [-0.15, -0.1) is 0 Å². The van der Waals surface area contributed by atoms with Gasteiger partial charge in [-0.3, -0.25) is 14.9 Å². The number of amides is 4. The molecule has 0 aliphatic carbocycles. The number of benzene rings is 1. The minimum atomic E-state index is -1.17. The van der Waals surface area contributed by atoms with Crippen LogP contribution >= 0.6 is 11.6 Å². The number of barbiturate groups is 1. The molecule has 0 saturated carbocycles. The van der Waals surface area contributed by atoms with Crippen molar-refractivity contribution in [2.75, 3.05) is 18.0 Å². The van der Waals surface area contributed by atoms with Crippen LogP contribution in [0.15, 0.2) is 36.5 Å². The van der Waals surface area contributed by atoms with Crippen LogP contribution in [0.5, 0.6) is 0 Å². The van der Waals surface area contributed by atoms with Crippen LogP contribution in [0.1, 0.15) is 25.7 Å². The van der Waals surface area contributed by atoms with Crippen LogP contribution in [-0.4, -0.2) is 35.9 Å². The van der Waals surface area contributed by atoms with E-state index in [0.29, 0.717) is 10.7 Å². The molecule has 0 bridgehead atoms. The van der Waals surface area contributed by atoms with E-state index in [1.54, 1.807) is 24.3 Å². The molecule has 0 unspecified atom stereocenters. The second kappa shape index (κ2) is 7.88. The SMILES string of the molecule is C=C(NN1CCCCCC1)[C@H]1C(=O)NC(=O)N(c2ccc(Cl)cc2)C1=O. The van der Waals surface area contributed by atoms with Crippen molar-refractivity contribution in [2.45, 2.75) is 25.7 Å². The molecule has 0 spiro atoms. The summed E-state index contributed by atoms with van der Waals surface area (Å²) >= 11 is 5.86. The van der Waals surface area contributed by atoms with E-state index in [0.717, 1.165) is 43.7 Å². The van der Waals surface area contributed by atoms with Crippen molar-refractivity contribution in [2.24, 2.45) is 5.92 Å². The van der Waals surface area contributed by atoms with Crippen LogP contribution in [-0.2, 0) is 9.59 Å². The average Bonchev–Trinajstić information content (AvgIpc) is 2.84. The van der Waals surface area contributed by atoms with Gasteiger partial charge in [0, 0.05) is 23.8 Å². The van der Waals surface area contributed by atoms with E-state index in [2.05, 4.69) is 17.3 Å². The molecule has 1 atom stereocenters. The van der Waals surface area contributed by atoms with E-state index in [1.807, 2.05) is 5.01 Å². The normalized spacial score (nSPS) is 22.0. The van der Waals surface area contributed by atoms with Gasteiger partial charge < -0.3 is 5.43 Å². The molecule has 8 heteroatoms. The highest BCUT2D eigenvalue weighted by Gasteiger charge is 2.43. The molecule has 1 aromatic rings. The Hall–Kier alpha value is -2.38. The fourth-order valence-electron chi connectivity index (χ4n) is 3.17. The Labute approximate surface area is 156 Å². The molecule has 3 rings (SSSR count). The van der Waals surface area contributed by atoms with E-state index in [4.69, 9.17) is 11.6 Å². The first-order chi connectivity index (χ1) is 12.5. The second-order valence-corrected chi connectivity index (χ2v) is 6.85. The lowest BCUT2D eigenvalue weighted by molar-refractivity contribution is -0.133. The standard InChI is InChI=1S/C18H21ClN4O3/c1-12(21-22-10-4-2-3-5-11-22)15-16(24)20-18(26)23(17(15)25)14-8-6-13(19)7-9-14/h6-9,15,21H,1-5,10-11H2,(H,20,24,26)/t15-/m0/s1. The first-order valence-electron chi connectivity index (χ1n) is 8.62. The zero-order valence-corrected chi connectivity index (χ0v) is 15.1. The predicted octanol–water partition coefficient (Wildman–Crippen LogP) is 2.43. The molecule has 2 aliphatic heterocycles. The van der Waals surface area contributed by atoms with Crippen molar-refractivity contribution in [1.29, 1.82) is 0 Å². The Morgan fingerprint density at radius 3 is 2.31 bits per heavy atom. The maximum atomic E-state index is 12.9. The van der Waals surface area contributed by atoms with Gasteiger partial charge in [-0.1, -0.05) is 31.0 Å². The summed E-state index contributed by atoms with van der Waals surface area (Å²) in [5, 5.41) is 4.68. The molecule has 7 nitrogen and oxygen atoms in total. The smallest absolute Gasteiger partial charge is 0.322 e. The summed E-state index contributed by atoms with van der Waals surface area (Å²) in [7, 11) is 0. The summed E-state index contributed by atoms with van der Waals surface area (Å²) in [6.07, 6.45) is 4.40. The number of nitrogens with zero attached hydrogens (tertiary/aromatic N) is 2. The van der Waals surface area contributed by atoms with E-state index < -0.39 is 23.8 Å². The summed E-state index contributed by atoms with van der Waals surface area (Å²) in [6.45, 7) is 5.52. The molecule has 0 radical (unpaired) electrons. The first-order valence-corrected chi connectivity index (χ1v) is 9.00. The Morgan fingerprint density at radius 2 is 1.69 bits per heavy atom. The summed E-state index contributed by atoms with van der Waals surface area (Å²) in [6, 6.07) is 5.48. The van der Waals surface area contributed by atoms with Crippen LogP contribution in [0, 0.1) is 5.92 Å². The summed E-state index contributed by atoms with van der Waals surface area (Å²) < 4.78 is 0. The van der Waals surface area contributed by atoms with Crippen molar-refractivity contribution in [3.8, 4) is 0 Å². The average molecular weight is 377 g/mol. The predicted molar refractivity (Wildman–Crippen MR) is 98.3 cm³/mol. The van der Waals surface area contributed by atoms with Gasteiger partial charge in [-0.2, -0.15) is 0 Å². The number of rotatable bonds is 4. The lowest BCUT2D eigenvalue weighted by Gasteiger charge is -2.33. The quantitative estimate of drug-likeness (QED) is 0.789. The van der Waals surface area contributed by atoms with Crippen LogP contribution < -0.4 is 15.6 Å². The zero-order valence-electron chi connectivity index (χ0n) is 14.3. The van der Waals surface area contributed by atoms with Crippen molar-refractivity contribution in [1.82, 2.24) is 15.8 Å². The third kappa shape index (κ3) is 3.89. The Morgan fingerprint density at radius 1 is 1.08 bits per heavy atom. The lowest BCUT2D eigenvalue weighted by atomic mass is 10.0. The fourth-order valence-corrected chi connectivity index (χ4v) is 3.29. The number of hydrazine groups is 1. The van der Waals surface area contributed by atoms with Crippen molar-refractivity contribution in [3.63, 3.8) is 0 Å². The molecule has 2 fully saturated rings. The van der Waals surface area contributed by atoms with Gasteiger partial charge in [-0.05, 0) is 37.1 Å². The fraction of sp³-hybridized carbons (Fsp3) is 0.389. The maximum absolute atomic E-state index is 12.9. The minimum Gasteiger partial charge on any atom is -0.322 e. The highest BCUT2D eigenvalue weighted by molar-refractivity contribution is 6.31. The Bertz CT molecular complexity index is 726. The second-order valence-electron chi connectivity index (χ2n) is 6.42. The molecule has 2 heterocycles. The number of hydrogen-bond donors (Lipinski definition) is 2. The number of imide groups is 2. The van der Waals surface area contributed by atoms with Crippen molar-refractivity contribution < 1.29 is 14.4 Å². The summed E-state index contributed by atoms with van der Waals surface area (Å²) in [5.41, 5.74) is 3.69. The lowest BCUT2D eigenvalue weighted by Crippen LogP contribution is -2.60. The molecule has 4 amide bonds. The monoisotopic (exact) mass is 376 g/mol. The Balaban J connectivity index is 1.78. The highest BCUT2D eigenvalue weighted by Crippen LogP contribution is 2.25. The highest BCUT2D eigenvalue weighted by atomic mass is 35.5. The van der Waals surface area contributed by atoms with E-state index in [-0.39, 0.29) is 5.70 Å². The van der Waals surface area contributed by atoms with Gasteiger partial charge in [-0.25, -0.2) is 14.7 Å². The third-order valence-electron chi connectivity index (χ3n) is 4.50. The van der Waals surface area contributed by atoms with Gasteiger partial charge >= 0.3 is 6.03 Å². The van der Waals surface area contributed by atoms with Gasteiger partial charge in [0.2, 0.25) is 5.91 Å². The van der Waals surface area contributed by atoms with Crippen LogP contribution in [0.3, 0.4) is 0 Å². The number of urea groups is 1. The maximum Gasteiger partial charge on any atom is 0.335 e. The van der Waals surface area contributed by atoms with Crippen LogP contribution in [0.4, 0.5) is 10.5 Å². The molecule has 138 valence electrons. The number of hydrogen-bond acceptors (Lipinski definition) is 5. The molecule has 0 aromatic heterocycles. The molecule has 26 heavy (non-hydrogen) atoms. The summed E-state index contributed by atoms with van der Waals surface area (Å²) in [5.74, 6) is -2.47. The molecule has 2 saturated heterocycles. The molecular formula is C18H21ClN4O3. The van der Waals surface area contributed by atoms with Gasteiger partial charge in [0.05, 0.1) is 5.69 Å². The van der Waals surface area contributed by atoms with E-state index >= 15 is 0 Å². The number of nitrogens with one attached hydrogen (secondary N) is 2. The number of halogens is 1. The van der Waals surface area contributed by atoms with E-state index in [9.17, 15) is 14.4 Å². The van der Waals surface area contributed by atoms with E-state index in [1.165, 1.54) is 0 Å².